The van der Waals surface area contributed by atoms with Gasteiger partial charge in [0.25, 0.3) is 0 Å². The van der Waals surface area contributed by atoms with Gasteiger partial charge in [0.1, 0.15) is 6.61 Å². The van der Waals surface area contributed by atoms with E-state index in [1.807, 2.05) is 0 Å². The largest absolute Gasteiger partial charge is 0.478 e. The Morgan fingerprint density at radius 3 is 2.55 bits per heavy atom. The Balaban J connectivity index is 3.02. The smallest absolute Gasteiger partial charge is 0.417 e. The molecule has 0 aromatic heterocycles. The number of nitrogens with one attached hydrogen (secondary N) is 1. The van der Waals surface area contributed by atoms with Crippen molar-refractivity contribution in [3.63, 3.8) is 0 Å². The standard InChI is InChI=1S/C12H10F3NO4/c1-2-5-20-11(19)16-7-3-4-9(12(13,14)15)8(6-7)10(17)18/h2-4,6H,1,5H2,(H,16,19)(H,17,18). The average molecular weight is 289 g/mol. The molecule has 1 aromatic carbocycles. The van der Waals surface area contributed by atoms with E-state index < -0.39 is 29.4 Å². The van der Waals surface area contributed by atoms with Crippen LogP contribution < -0.4 is 5.32 Å². The van der Waals surface area contributed by atoms with Crippen molar-refractivity contribution in [1.29, 1.82) is 0 Å². The minimum atomic E-state index is -4.80. The normalized spacial score (nSPS) is 10.8. The average Bonchev–Trinajstić information content (AvgIpc) is 2.34. The molecule has 0 fully saturated rings. The van der Waals surface area contributed by atoms with Gasteiger partial charge in [-0.3, -0.25) is 5.32 Å². The number of alkyl halides is 3. The number of hydrogen-bond donors (Lipinski definition) is 2. The van der Waals surface area contributed by atoms with Crippen molar-refractivity contribution < 1.29 is 32.6 Å². The zero-order valence-electron chi connectivity index (χ0n) is 10.0. The monoisotopic (exact) mass is 289 g/mol. The van der Waals surface area contributed by atoms with E-state index >= 15 is 0 Å². The number of carboxylic acid groups (broad SMARTS) is 1. The molecule has 0 heterocycles. The maximum Gasteiger partial charge on any atom is 0.417 e. The zero-order chi connectivity index (χ0) is 15.3. The quantitative estimate of drug-likeness (QED) is 0.835. The van der Waals surface area contributed by atoms with Crippen LogP contribution in [-0.2, 0) is 10.9 Å². The highest BCUT2D eigenvalue weighted by Crippen LogP contribution is 2.33. The molecule has 1 rings (SSSR count). The van der Waals surface area contributed by atoms with Crippen LogP contribution in [0.5, 0.6) is 0 Å². The maximum absolute atomic E-state index is 12.6. The minimum Gasteiger partial charge on any atom is -0.478 e. The molecule has 8 heteroatoms. The van der Waals surface area contributed by atoms with Crippen LogP contribution in [0.1, 0.15) is 15.9 Å². The third kappa shape index (κ3) is 4.01. The number of benzene rings is 1. The molecule has 1 aromatic rings. The van der Waals surface area contributed by atoms with Gasteiger partial charge in [0.15, 0.2) is 0 Å². The third-order valence-corrected chi connectivity index (χ3v) is 2.13. The van der Waals surface area contributed by atoms with Crippen LogP contribution in [0.3, 0.4) is 0 Å². The van der Waals surface area contributed by atoms with Crippen molar-refractivity contribution in [2.24, 2.45) is 0 Å². The molecule has 0 saturated heterocycles. The first-order valence-electron chi connectivity index (χ1n) is 5.25. The lowest BCUT2D eigenvalue weighted by Crippen LogP contribution is -2.16. The van der Waals surface area contributed by atoms with E-state index in [9.17, 15) is 22.8 Å². The van der Waals surface area contributed by atoms with Crippen LogP contribution in [0.15, 0.2) is 30.9 Å². The summed E-state index contributed by atoms with van der Waals surface area (Å²) in [5.41, 5.74) is -2.38. The summed E-state index contributed by atoms with van der Waals surface area (Å²) in [6.45, 7) is 3.22. The number of anilines is 1. The zero-order valence-corrected chi connectivity index (χ0v) is 10.0. The Morgan fingerprint density at radius 2 is 2.05 bits per heavy atom. The summed E-state index contributed by atoms with van der Waals surface area (Å²) in [5.74, 6) is -1.75. The molecule has 0 radical (unpaired) electrons. The predicted octanol–water partition coefficient (Wildman–Crippen LogP) is 3.14. The highest BCUT2D eigenvalue weighted by Gasteiger charge is 2.35. The van der Waals surface area contributed by atoms with Crippen LogP contribution in [0.4, 0.5) is 23.7 Å². The lowest BCUT2D eigenvalue weighted by Gasteiger charge is -2.12. The molecule has 0 atom stereocenters. The third-order valence-electron chi connectivity index (χ3n) is 2.13. The molecule has 0 aliphatic carbocycles. The molecule has 5 nitrogen and oxygen atoms in total. The van der Waals surface area contributed by atoms with Crippen LogP contribution in [0.25, 0.3) is 0 Å². The second kappa shape index (κ2) is 6.09. The van der Waals surface area contributed by atoms with Crippen molar-refractivity contribution in [3.05, 3.63) is 42.0 Å². The Bertz CT molecular complexity index is 540. The van der Waals surface area contributed by atoms with Gasteiger partial charge in [-0.25, -0.2) is 9.59 Å². The van der Waals surface area contributed by atoms with E-state index in [1.165, 1.54) is 6.08 Å². The van der Waals surface area contributed by atoms with Gasteiger partial charge in [0.2, 0.25) is 0 Å². The van der Waals surface area contributed by atoms with Gasteiger partial charge in [0.05, 0.1) is 11.1 Å². The van der Waals surface area contributed by atoms with Crippen LogP contribution in [0.2, 0.25) is 0 Å². The van der Waals surface area contributed by atoms with E-state index in [0.717, 1.165) is 6.07 Å². The van der Waals surface area contributed by atoms with E-state index in [0.29, 0.717) is 12.1 Å². The molecule has 0 aliphatic rings. The first-order valence-corrected chi connectivity index (χ1v) is 5.25. The van der Waals surface area contributed by atoms with E-state index in [4.69, 9.17) is 5.11 Å². The van der Waals surface area contributed by atoms with Gasteiger partial charge in [-0.15, -0.1) is 0 Å². The lowest BCUT2D eigenvalue weighted by atomic mass is 10.1. The summed E-state index contributed by atoms with van der Waals surface area (Å²) < 4.78 is 42.3. The molecule has 1 amide bonds. The molecule has 0 bridgehead atoms. The van der Waals surface area contributed by atoms with Gasteiger partial charge in [0, 0.05) is 5.69 Å². The molecule has 0 saturated carbocycles. The number of hydrogen-bond acceptors (Lipinski definition) is 3. The number of ether oxygens (including phenoxy) is 1. The highest BCUT2D eigenvalue weighted by molar-refractivity contribution is 5.93. The van der Waals surface area contributed by atoms with Gasteiger partial charge in [-0.2, -0.15) is 13.2 Å². The van der Waals surface area contributed by atoms with Crippen molar-refractivity contribution in [2.45, 2.75) is 6.18 Å². The number of carbonyl (C=O) groups excluding carboxylic acids is 1. The van der Waals surface area contributed by atoms with Gasteiger partial charge in [-0.05, 0) is 18.2 Å². The van der Waals surface area contributed by atoms with Crippen molar-refractivity contribution in [1.82, 2.24) is 0 Å². The van der Waals surface area contributed by atoms with E-state index in [-0.39, 0.29) is 12.3 Å². The molecular formula is C12H10F3NO4. The Morgan fingerprint density at radius 1 is 1.40 bits per heavy atom. The van der Waals surface area contributed by atoms with Crippen molar-refractivity contribution >= 4 is 17.7 Å². The first kappa shape index (κ1) is 15.5. The fourth-order valence-corrected chi connectivity index (χ4v) is 1.33. The van der Waals surface area contributed by atoms with E-state index in [1.54, 1.807) is 0 Å². The number of carboxylic acids is 1. The maximum atomic E-state index is 12.6. The Kier molecular flexibility index (Phi) is 4.73. The second-order valence-electron chi connectivity index (χ2n) is 3.58. The van der Waals surface area contributed by atoms with Gasteiger partial charge >= 0.3 is 18.2 Å². The highest BCUT2D eigenvalue weighted by atomic mass is 19.4. The fraction of sp³-hybridized carbons (Fsp3) is 0.167. The summed E-state index contributed by atoms with van der Waals surface area (Å²) in [4.78, 5) is 22.0. The molecule has 0 aliphatic heterocycles. The number of rotatable bonds is 4. The number of amides is 1. The van der Waals surface area contributed by atoms with E-state index in [2.05, 4.69) is 16.6 Å². The second-order valence-corrected chi connectivity index (χ2v) is 3.58. The number of aromatic carboxylic acids is 1. The molecule has 0 spiro atoms. The van der Waals surface area contributed by atoms with Crippen LogP contribution >= 0.6 is 0 Å². The summed E-state index contributed by atoms with van der Waals surface area (Å²) in [7, 11) is 0. The minimum absolute atomic E-state index is 0.0851. The first-order chi connectivity index (χ1) is 9.25. The number of carbonyl (C=O) groups is 2. The summed E-state index contributed by atoms with van der Waals surface area (Å²) in [6.07, 6.45) is -4.43. The fourth-order valence-electron chi connectivity index (χ4n) is 1.33. The summed E-state index contributed by atoms with van der Waals surface area (Å²) >= 11 is 0. The predicted molar refractivity (Wildman–Crippen MR) is 63.6 cm³/mol. The molecular weight excluding hydrogens is 279 g/mol. The van der Waals surface area contributed by atoms with Crippen molar-refractivity contribution in [2.75, 3.05) is 11.9 Å². The Hall–Kier alpha value is -2.51. The molecule has 0 unspecified atom stereocenters. The topological polar surface area (TPSA) is 75.6 Å². The van der Waals surface area contributed by atoms with Gasteiger partial charge < -0.3 is 9.84 Å². The summed E-state index contributed by atoms with van der Waals surface area (Å²) in [6, 6.07) is 2.22. The molecule has 108 valence electrons. The van der Waals surface area contributed by atoms with Crippen LogP contribution in [-0.4, -0.2) is 23.8 Å². The van der Waals surface area contributed by atoms with Crippen LogP contribution in [0, 0.1) is 0 Å². The van der Waals surface area contributed by atoms with Gasteiger partial charge in [-0.1, -0.05) is 12.7 Å². The Labute approximate surface area is 111 Å². The SMILES string of the molecule is C=CCOC(=O)Nc1ccc(C(F)(F)F)c(C(=O)O)c1. The molecule has 2 N–H and O–H groups in total. The summed E-state index contributed by atoms with van der Waals surface area (Å²) in [5, 5.41) is 10.9. The molecule has 20 heavy (non-hydrogen) atoms. The van der Waals surface area contributed by atoms with Crippen molar-refractivity contribution in [3.8, 4) is 0 Å². The number of halogens is 3. The lowest BCUT2D eigenvalue weighted by molar-refractivity contribution is -0.138.